The summed E-state index contributed by atoms with van der Waals surface area (Å²) in [6.07, 6.45) is 3.46. The Kier molecular flexibility index (Phi) is 5.54. The fourth-order valence-electron chi connectivity index (χ4n) is 3.23. The van der Waals surface area contributed by atoms with Crippen molar-refractivity contribution in [1.29, 1.82) is 0 Å². The topological polar surface area (TPSA) is 46.1 Å². The fourth-order valence-corrected chi connectivity index (χ4v) is 3.23. The van der Waals surface area contributed by atoms with Gasteiger partial charge in [0.1, 0.15) is 5.82 Å². The summed E-state index contributed by atoms with van der Waals surface area (Å²) in [5, 5.41) is 0. The Labute approximate surface area is 165 Å². The van der Waals surface area contributed by atoms with Gasteiger partial charge in [-0.2, -0.15) is 0 Å². The number of anilines is 1. The first-order valence-corrected chi connectivity index (χ1v) is 9.25. The molecule has 3 aromatic rings. The number of nitrogens with zero attached hydrogens (tertiary/aromatic N) is 3. The number of pyridine rings is 2. The van der Waals surface area contributed by atoms with Gasteiger partial charge in [0, 0.05) is 36.0 Å². The van der Waals surface area contributed by atoms with Crippen LogP contribution >= 0.6 is 0 Å². The number of carbonyl (C=O) groups excluding carboxylic acids is 1. The highest BCUT2D eigenvalue weighted by Gasteiger charge is 2.20. The molecule has 144 valence electrons. The molecule has 2 heterocycles. The number of carbonyl (C=O) groups is 1. The molecule has 0 fully saturated rings. The van der Waals surface area contributed by atoms with Crippen LogP contribution in [0.25, 0.3) is 22.4 Å². The predicted molar refractivity (Wildman–Crippen MR) is 111 cm³/mol. The van der Waals surface area contributed by atoms with Gasteiger partial charge in [-0.15, -0.1) is 0 Å². The van der Waals surface area contributed by atoms with E-state index in [9.17, 15) is 9.18 Å². The smallest absolute Gasteiger partial charge is 0.229 e. The van der Waals surface area contributed by atoms with E-state index >= 15 is 0 Å². The van der Waals surface area contributed by atoms with Crippen molar-refractivity contribution in [3.63, 3.8) is 0 Å². The van der Waals surface area contributed by atoms with Crippen molar-refractivity contribution in [3.8, 4) is 22.4 Å². The summed E-state index contributed by atoms with van der Waals surface area (Å²) < 4.78 is 13.7. The average Bonchev–Trinajstić information content (AvgIpc) is 2.66. The van der Waals surface area contributed by atoms with E-state index in [-0.39, 0.29) is 17.6 Å². The summed E-state index contributed by atoms with van der Waals surface area (Å²) >= 11 is 0. The van der Waals surface area contributed by atoms with E-state index in [1.54, 1.807) is 30.4 Å². The molecule has 0 N–H and O–H groups in total. The standard InChI is InChI=1S/C23H24FN3O/c1-14(2)23(28)27(5)22-13-26-21(17-8-9-25-16(4)11-17)12-20(22)19-7-6-18(24)10-15(19)3/h6-14H,1-5H3. The molecule has 0 spiro atoms. The van der Waals surface area contributed by atoms with Gasteiger partial charge in [-0.05, 0) is 55.3 Å². The van der Waals surface area contributed by atoms with Crippen molar-refractivity contribution in [2.45, 2.75) is 27.7 Å². The van der Waals surface area contributed by atoms with E-state index in [1.165, 1.54) is 12.1 Å². The lowest BCUT2D eigenvalue weighted by molar-refractivity contribution is -0.121. The molecule has 0 radical (unpaired) electrons. The van der Waals surface area contributed by atoms with Gasteiger partial charge in [0.05, 0.1) is 17.6 Å². The van der Waals surface area contributed by atoms with Crippen molar-refractivity contribution in [1.82, 2.24) is 9.97 Å². The SMILES string of the molecule is Cc1cc(-c2cc(-c3ccc(F)cc3C)c(N(C)C(=O)C(C)C)cn2)ccn1. The molecule has 0 aliphatic heterocycles. The number of amides is 1. The lowest BCUT2D eigenvalue weighted by atomic mass is 9.97. The van der Waals surface area contributed by atoms with Gasteiger partial charge in [0.15, 0.2) is 0 Å². The molecule has 0 aliphatic rings. The zero-order valence-electron chi connectivity index (χ0n) is 16.8. The Morgan fingerprint density at radius 2 is 1.79 bits per heavy atom. The second-order valence-corrected chi connectivity index (χ2v) is 7.28. The third kappa shape index (κ3) is 3.93. The zero-order valence-corrected chi connectivity index (χ0v) is 16.8. The van der Waals surface area contributed by atoms with Crippen LogP contribution in [-0.2, 0) is 4.79 Å². The molecular formula is C23H24FN3O. The molecule has 3 rings (SSSR count). The molecular weight excluding hydrogens is 353 g/mol. The predicted octanol–water partition coefficient (Wildman–Crippen LogP) is 5.19. The molecule has 0 unspecified atom stereocenters. The number of benzene rings is 1. The van der Waals surface area contributed by atoms with E-state index in [0.717, 1.165) is 33.6 Å². The Balaban J connectivity index is 2.21. The van der Waals surface area contributed by atoms with Crippen LogP contribution in [0, 0.1) is 25.6 Å². The molecule has 1 amide bonds. The summed E-state index contributed by atoms with van der Waals surface area (Å²) in [6.45, 7) is 7.52. The minimum atomic E-state index is -0.284. The molecule has 0 saturated carbocycles. The van der Waals surface area contributed by atoms with Crippen LogP contribution in [0.4, 0.5) is 10.1 Å². The molecule has 4 nitrogen and oxygen atoms in total. The molecule has 0 bridgehead atoms. The van der Waals surface area contributed by atoms with Crippen LogP contribution in [0.1, 0.15) is 25.1 Å². The summed E-state index contributed by atoms with van der Waals surface area (Å²) in [4.78, 5) is 23.0. The first-order chi connectivity index (χ1) is 13.3. The number of halogens is 1. The number of aryl methyl sites for hydroxylation is 2. The van der Waals surface area contributed by atoms with Gasteiger partial charge in [-0.3, -0.25) is 14.8 Å². The molecule has 5 heteroatoms. The largest absolute Gasteiger partial charge is 0.313 e. The van der Waals surface area contributed by atoms with Crippen LogP contribution in [-0.4, -0.2) is 22.9 Å². The number of aromatic nitrogens is 2. The average molecular weight is 377 g/mol. The Hall–Kier alpha value is -3.08. The first kappa shape index (κ1) is 19.7. The number of rotatable bonds is 4. The van der Waals surface area contributed by atoms with Crippen molar-refractivity contribution in [2.75, 3.05) is 11.9 Å². The normalized spacial score (nSPS) is 11.0. The van der Waals surface area contributed by atoms with Crippen molar-refractivity contribution < 1.29 is 9.18 Å². The van der Waals surface area contributed by atoms with Gasteiger partial charge < -0.3 is 4.90 Å². The second-order valence-electron chi connectivity index (χ2n) is 7.28. The summed E-state index contributed by atoms with van der Waals surface area (Å²) in [5.41, 5.74) is 5.83. The second kappa shape index (κ2) is 7.89. The molecule has 1 aromatic carbocycles. The third-order valence-corrected chi connectivity index (χ3v) is 4.74. The van der Waals surface area contributed by atoms with Gasteiger partial charge in [0.2, 0.25) is 5.91 Å². The lowest BCUT2D eigenvalue weighted by Gasteiger charge is -2.23. The Morgan fingerprint density at radius 1 is 1.04 bits per heavy atom. The van der Waals surface area contributed by atoms with Gasteiger partial charge in [-0.1, -0.05) is 19.9 Å². The van der Waals surface area contributed by atoms with E-state index in [0.29, 0.717) is 5.69 Å². The van der Waals surface area contributed by atoms with Crippen molar-refractivity contribution in [2.24, 2.45) is 5.92 Å². The number of hydrogen-bond acceptors (Lipinski definition) is 3. The van der Waals surface area contributed by atoms with Crippen LogP contribution in [0.3, 0.4) is 0 Å². The van der Waals surface area contributed by atoms with Crippen LogP contribution in [0.5, 0.6) is 0 Å². The van der Waals surface area contributed by atoms with E-state index in [1.807, 2.05) is 45.9 Å². The molecule has 2 aromatic heterocycles. The lowest BCUT2D eigenvalue weighted by Crippen LogP contribution is -2.30. The minimum Gasteiger partial charge on any atom is -0.313 e. The monoisotopic (exact) mass is 377 g/mol. The highest BCUT2D eigenvalue weighted by atomic mass is 19.1. The summed E-state index contributed by atoms with van der Waals surface area (Å²) in [5.74, 6) is -0.432. The van der Waals surface area contributed by atoms with Gasteiger partial charge in [-0.25, -0.2) is 4.39 Å². The third-order valence-electron chi connectivity index (χ3n) is 4.74. The summed E-state index contributed by atoms with van der Waals surface area (Å²) in [7, 11) is 1.75. The van der Waals surface area contributed by atoms with E-state index in [2.05, 4.69) is 9.97 Å². The molecule has 0 saturated heterocycles. The molecule has 0 aliphatic carbocycles. The van der Waals surface area contributed by atoms with Crippen LogP contribution < -0.4 is 4.90 Å². The van der Waals surface area contributed by atoms with E-state index < -0.39 is 0 Å². The van der Waals surface area contributed by atoms with Gasteiger partial charge in [0.25, 0.3) is 0 Å². The fraction of sp³-hybridized carbons (Fsp3) is 0.261. The molecule has 0 atom stereocenters. The van der Waals surface area contributed by atoms with Crippen molar-refractivity contribution in [3.05, 3.63) is 65.9 Å². The quantitative estimate of drug-likeness (QED) is 0.629. The van der Waals surface area contributed by atoms with Crippen molar-refractivity contribution >= 4 is 11.6 Å². The maximum atomic E-state index is 13.7. The highest BCUT2D eigenvalue weighted by Crippen LogP contribution is 2.35. The Morgan fingerprint density at radius 3 is 2.43 bits per heavy atom. The van der Waals surface area contributed by atoms with Crippen LogP contribution in [0.15, 0.2) is 48.8 Å². The maximum absolute atomic E-state index is 13.7. The first-order valence-electron chi connectivity index (χ1n) is 9.25. The highest BCUT2D eigenvalue weighted by molar-refractivity contribution is 5.98. The van der Waals surface area contributed by atoms with E-state index in [4.69, 9.17) is 0 Å². The minimum absolute atomic E-state index is 0.00433. The van der Waals surface area contributed by atoms with Crippen LogP contribution in [0.2, 0.25) is 0 Å². The Bertz CT molecular complexity index is 1030. The zero-order chi connectivity index (χ0) is 20.4. The number of hydrogen-bond donors (Lipinski definition) is 0. The summed E-state index contributed by atoms with van der Waals surface area (Å²) in [6, 6.07) is 10.5. The maximum Gasteiger partial charge on any atom is 0.229 e. The van der Waals surface area contributed by atoms with Gasteiger partial charge >= 0.3 is 0 Å². The molecule has 28 heavy (non-hydrogen) atoms.